The second-order valence-electron chi connectivity index (χ2n) is 5.41. The van der Waals surface area contributed by atoms with Gasteiger partial charge in [0.05, 0.1) is 11.6 Å². The third-order valence-electron chi connectivity index (χ3n) is 3.51. The van der Waals surface area contributed by atoms with Crippen molar-refractivity contribution in [3.8, 4) is 0 Å². The summed E-state index contributed by atoms with van der Waals surface area (Å²) in [5.74, 6) is -0.821. The van der Waals surface area contributed by atoms with E-state index in [1.165, 1.54) is 0 Å². The first kappa shape index (κ1) is 18.2. The van der Waals surface area contributed by atoms with E-state index in [1.807, 2.05) is 36.4 Å². The first-order chi connectivity index (χ1) is 11.6. The number of benzene rings is 2. The number of carbonyl (C=O) groups is 2. The molecule has 2 aromatic rings. The highest BCUT2D eigenvalue weighted by Gasteiger charge is 2.15. The molecule has 0 saturated carbocycles. The van der Waals surface area contributed by atoms with Crippen LogP contribution in [0, 0.1) is 0 Å². The summed E-state index contributed by atoms with van der Waals surface area (Å²) in [4.78, 5) is 24.1. The highest BCUT2D eigenvalue weighted by atomic mass is 79.9. The average Bonchev–Trinajstić information content (AvgIpc) is 2.60. The topological polar surface area (TPSA) is 55.4 Å². The van der Waals surface area contributed by atoms with Gasteiger partial charge in [0.25, 0.3) is 5.91 Å². The molecule has 24 heavy (non-hydrogen) atoms. The zero-order valence-electron chi connectivity index (χ0n) is 13.5. The van der Waals surface area contributed by atoms with Crippen LogP contribution >= 0.6 is 15.9 Å². The van der Waals surface area contributed by atoms with E-state index < -0.39 is 5.97 Å². The van der Waals surface area contributed by atoms with E-state index in [2.05, 4.69) is 28.2 Å². The van der Waals surface area contributed by atoms with Crippen LogP contribution in [0.1, 0.15) is 41.7 Å². The van der Waals surface area contributed by atoms with Gasteiger partial charge in [-0.1, -0.05) is 65.7 Å². The van der Waals surface area contributed by atoms with Crippen LogP contribution in [0.25, 0.3) is 0 Å². The zero-order chi connectivity index (χ0) is 17.4. The van der Waals surface area contributed by atoms with Gasteiger partial charge in [-0.3, -0.25) is 4.79 Å². The van der Waals surface area contributed by atoms with E-state index in [0.717, 1.165) is 22.9 Å². The molecule has 0 bridgehead atoms. The summed E-state index contributed by atoms with van der Waals surface area (Å²) in [5, 5.41) is 2.93. The molecular weight excluding hydrogens is 370 g/mol. The summed E-state index contributed by atoms with van der Waals surface area (Å²) in [6, 6.07) is 16.6. The Hall–Kier alpha value is -2.14. The Bertz CT molecular complexity index is 688. The molecule has 0 aliphatic rings. The predicted octanol–water partition coefficient (Wildman–Crippen LogP) is 4.26. The lowest BCUT2D eigenvalue weighted by Crippen LogP contribution is -2.32. The number of nitrogens with one attached hydrogen (secondary N) is 1. The van der Waals surface area contributed by atoms with Gasteiger partial charge in [-0.2, -0.15) is 0 Å². The molecule has 1 N–H and O–H groups in total. The minimum absolute atomic E-state index is 0.0757. The van der Waals surface area contributed by atoms with Gasteiger partial charge in [0.1, 0.15) is 0 Å². The summed E-state index contributed by atoms with van der Waals surface area (Å²) >= 11 is 3.30. The number of ether oxygens (including phenoxy) is 1. The van der Waals surface area contributed by atoms with Crippen molar-refractivity contribution in [2.75, 3.05) is 6.61 Å². The summed E-state index contributed by atoms with van der Waals surface area (Å²) in [6.45, 7) is 1.77. The van der Waals surface area contributed by atoms with Crippen molar-refractivity contribution in [3.05, 3.63) is 70.2 Å². The standard InChI is InChI=1S/C19H20BrNO3/c1-2-7-17(14-8-4-3-5-9-14)21-18(22)13-24-19(23)15-10-6-11-16(20)12-15/h3-6,8-12,17H,2,7,13H2,1H3,(H,21,22)/t17-/m0/s1. The zero-order valence-corrected chi connectivity index (χ0v) is 15.1. The second kappa shape index (κ2) is 9.23. The van der Waals surface area contributed by atoms with Crippen LogP contribution in [-0.2, 0) is 9.53 Å². The number of esters is 1. The predicted molar refractivity (Wildman–Crippen MR) is 96.7 cm³/mol. The highest BCUT2D eigenvalue weighted by molar-refractivity contribution is 9.10. The van der Waals surface area contributed by atoms with Crippen LogP contribution in [0.4, 0.5) is 0 Å². The summed E-state index contributed by atoms with van der Waals surface area (Å²) < 4.78 is 5.87. The number of hydrogen-bond acceptors (Lipinski definition) is 3. The Morgan fingerprint density at radius 2 is 1.88 bits per heavy atom. The second-order valence-corrected chi connectivity index (χ2v) is 6.32. The normalized spacial score (nSPS) is 11.6. The number of hydrogen-bond donors (Lipinski definition) is 1. The van der Waals surface area contributed by atoms with Crippen molar-refractivity contribution in [1.82, 2.24) is 5.32 Å². The molecule has 0 heterocycles. The van der Waals surface area contributed by atoms with Gasteiger partial charge in [0, 0.05) is 4.47 Å². The molecule has 0 saturated heterocycles. The number of rotatable bonds is 7. The van der Waals surface area contributed by atoms with Crippen LogP contribution in [0.2, 0.25) is 0 Å². The fourth-order valence-corrected chi connectivity index (χ4v) is 2.76. The third-order valence-corrected chi connectivity index (χ3v) is 4.00. The number of halogens is 1. The van der Waals surface area contributed by atoms with Gasteiger partial charge < -0.3 is 10.1 Å². The molecule has 0 unspecified atom stereocenters. The van der Waals surface area contributed by atoms with E-state index in [-0.39, 0.29) is 18.6 Å². The van der Waals surface area contributed by atoms with Crippen molar-refractivity contribution in [3.63, 3.8) is 0 Å². The van der Waals surface area contributed by atoms with Crippen molar-refractivity contribution >= 4 is 27.8 Å². The summed E-state index contributed by atoms with van der Waals surface area (Å²) in [6.07, 6.45) is 1.77. The van der Waals surface area contributed by atoms with Crippen LogP contribution < -0.4 is 5.32 Å². The van der Waals surface area contributed by atoms with Crippen molar-refractivity contribution in [2.45, 2.75) is 25.8 Å². The Morgan fingerprint density at radius 1 is 1.12 bits per heavy atom. The Labute approximate surface area is 150 Å². The lowest BCUT2D eigenvalue weighted by atomic mass is 10.0. The molecule has 0 aromatic heterocycles. The van der Waals surface area contributed by atoms with E-state index in [4.69, 9.17) is 4.74 Å². The largest absolute Gasteiger partial charge is 0.452 e. The van der Waals surface area contributed by atoms with Gasteiger partial charge in [-0.05, 0) is 30.2 Å². The van der Waals surface area contributed by atoms with E-state index in [0.29, 0.717) is 5.56 Å². The molecule has 0 aliphatic carbocycles. The highest BCUT2D eigenvalue weighted by Crippen LogP contribution is 2.18. The maximum Gasteiger partial charge on any atom is 0.338 e. The minimum atomic E-state index is -0.516. The van der Waals surface area contributed by atoms with E-state index >= 15 is 0 Å². The van der Waals surface area contributed by atoms with Gasteiger partial charge >= 0.3 is 5.97 Å². The molecule has 1 amide bonds. The Kier molecular flexibility index (Phi) is 7.00. The van der Waals surface area contributed by atoms with Crippen molar-refractivity contribution in [1.29, 1.82) is 0 Å². The molecule has 2 aromatic carbocycles. The van der Waals surface area contributed by atoms with Crippen LogP contribution in [0.5, 0.6) is 0 Å². The SMILES string of the molecule is CCC[C@H](NC(=O)COC(=O)c1cccc(Br)c1)c1ccccc1. The third kappa shape index (κ3) is 5.49. The van der Waals surface area contributed by atoms with Crippen LogP contribution in [0.3, 0.4) is 0 Å². The van der Waals surface area contributed by atoms with Gasteiger partial charge in [-0.25, -0.2) is 4.79 Å². The molecule has 0 aliphatic heterocycles. The first-order valence-corrected chi connectivity index (χ1v) is 8.66. The van der Waals surface area contributed by atoms with Gasteiger partial charge in [0.15, 0.2) is 6.61 Å². The number of amides is 1. The van der Waals surface area contributed by atoms with E-state index in [9.17, 15) is 9.59 Å². The van der Waals surface area contributed by atoms with Gasteiger partial charge in [-0.15, -0.1) is 0 Å². The van der Waals surface area contributed by atoms with E-state index in [1.54, 1.807) is 18.2 Å². The molecule has 5 heteroatoms. The molecule has 0 spiro atoms. The quantitative estimate of drug-likeness (QED) is 0.719. The Balaban J connectivity index is 1.90. The molecule has 0 fully saturated rings. The van der Waals surface area contributed by atoms with Gasteiger partial charge in [0.2, 0.25) is 0 Å². The maximum atomic E-state index is 12.1. The fourth-order valence-electron chi connectivity index (χ4n) is 2.36. The first-order valence-electron chi connectivity index (χ1n) is 7.87. The molecular formula is C19H20BrNO3. The summed E-state index contributed by atoms with van der Waals surface area (Å²) in [7, 11) is 0. The molecule has 1 atom stereocenters. The number of carbonyl (C=O) groups excluding carboxylic acids is 2. The monoisotopic (exact) mass is 389 g/mol. The van der Waals surface area contributed by atoms with Crippen LogP contribution in [-0.4, -0.2) is 18.5 Å². The van der Waals surface area contributed by atoms with Crippen molar-refractivity contribution < 1.29 is 14.3 Å². The summed E-state index contributed by atoms with van der Waals surface area (Å²) in [5.41, 5.74) is 1.45. The minimum Gasteiger partial charge on any atom is -0.452 e. The molecule has 0 radical (unpaired) electrons. The molecule has 4 nitrogen and oxygen atoms in total. The van der Waals surface area contributed by atoms with Crippen molar-refractivity contribution in [2.24, 2.45) is 0 Å². The smallest absolute Gasteiger partial charge is 0.338 e. The lowest BCUT2D eigenvalue weighted by Gasteiger charge is -2.18. The lowest BCUT2D eigenvalue weighted by molar-refractivity contribution is -0.125. The maximum absolute atomic E-state index is 12.1. The Morgan fingerprint density at radius 3 is 2.54 bits per heavy atom. The van der Waals surface area contributed by atoms with Crippen LogP contribution in [0.15, 0.2) is 59.1 Å². The fraction of sp³-hybridized carbons (Fsp3) is 0.263. The molecule has 2 rings (SSSR count). The molecule has 126 valence electrons. The average molecular weight is 390 g/mol.